The summed E-state index contributed by atoms with van der Waals surface area (Å²) in [5, 5.41) is 0. The van der Waals surface area contributed by atoms with Crippen LogP contribution in [0.5, 0.6) is 0 Å². The Morgan fingerprint density at radius 3 is 2.73 bits per heavy atom. The van der Waals surface area contributed by atoms with Gasteiger partial charge in [0.25, 0.3) is 5.91 Å². The monoisotopic (exact) mass is 355 g/mol. The molecule has 1 amide bonds. The predicted molar refractivity (Wildman–Crippen MR) is 91.7 cm³/mol. The number of fused-ring (bicyclic) bond motifs is 1. The van der Waals surface area contributed by atoms with Crippen LogP contribution in [0.15, 0.2) is 42.5 Å². The molecule has 3 saturated heterocycles. The Balaban J connectivity index is 1.51. The minimum Gasteiger partial charge on any atom is -0.459 e. The lowest BCUT2D eigenvalue weighted by molar-refractivity contribution is -0.173. The average molecular weight is 355 g/mol. The molecule has 3 heterocycles. The number of hydrogen-bond donors (Lipinski definition) is 0. The van der Waals surface area contributed by atoms with Crippen LogP contribution < -0.4 is 0 Å². The van der Waals surface area contributed by atoms with Crippen LogP contribution in [0.25, 0.3) is 0 Å². The van der Waals surface area contributed by atoms with E-state index in [1.54, 1.807) is 4.90 Å². The van der Waals surface area contributed by atoms with Crippen molar-refractivity contribution in [1.82, 2.24) is 4.90 Å². The van der Waals surface area contributed by atoms with Crippen LogP contribution in [0.1, 0.15) is 37.7 Å². The summed E-state index contributed by atoms with van der Waals surface area (Å²) >= 11 is 0. The van der Waals surface area contributed by atoms with Crippen LogP contribution in [0.3, 0.4) is 0 Å². The first-order valence-electron chi connectivity index (χ1n) is 8.93. The van der Waals surface area contributed by atoms with Crippen molar-refractivity contribution in [3.8, 4) is 0 Å². The molecule has 136 valence electrons. The molecule has 4 rings (SSSR count). The Hall–Kier alpha value is -2.63. The molecule has 1 spiro atoms. The van der Waals surface area contributed by atoms with Crippen LogP contribution in [0.2, 0.25) is 0 Å². The van der Waals surface area contributed by atoms with Gasteiger partial charge in [-0.25, -0.2) is 4.79 Å². The van der Waals surface area contributed by atoms with Crippen LogP contribution in [-0.2, 0) is 30.5 Å². The van der Waals surface area contributed by atoms with E-state index in [0.717, 1.165) is 11.1 Å². The Morgan fingerprint density at radius 2 is 2.04 bits per heavy atom. The molecule has 6 heteroatoms. The lowest BCUT2D eigenvalue weighted by Crippen LogP contribution is -2.59. The zero-order valence-electron chi connectivity index (χ0n) is 14.5. The van der Waals surface area contributed by atoms with Gasteiger partial charge in [0.1, 0.15) is 12.6 Å². The van der Waals surface area contributed by atoms with Crippen molar-refractivity contribution in [3.63, 3.8) is 0 Å². The molecule has 3 fully saturated rings. The van der Waals surface area contributed by atoms with Gasteiger partial charge in [0.2, 0.25) is 0 Å². The van der Waals surface area contributed by atoms with Crippen LogP contribution >= 0.6 is 0 Å². The summed E-state index contributed by atoms with van der Waals surface area (Å²) < 4.78 is 10.8. The van der Waals surface area contributed by atoms with Gasteiger partial charge in [-0.3, -0.25) is 9.59 Å². The highest BCUT2D eigenvalue weighted by Gasteiger charge is 2.58. The normalized spacial score (nSPS) is 30.5. The minimum atomic E-state index is -1.17. The van der Waals surface area contributed by atoms with Gasteiger partial charge in [0.15, 0.2) is 5.60 Å². The van der Waals surface area contributed by atoms with Crippen LogP contribution in [0.4, 0.5) is 0 Å². The van der Waals surface area contributed by atoms with Gasteiger partial charge >= 0.3 is 11.9 Å². The molecule has 6 nitrogen and oxygen atoms in total. The third-order valence-corrected chi connectivity index (χ3v) is 5.53. The third-order valence-electron chi connectivity index (χ3n) is 5.53. The summed E-state index contributed by atoms with van der Waals surface area (Å²) in [5.41, 5.74) is 0.566. The maximum Gasteiger partial charge on any atom is 0.329 e. The van der Waals surface area contributed by atoms with Gasteiger partial charge in [-0.1, -0.05) is 42.5 Å². The van der Waals surface area contributed by atoms with E-state index in [4.69, 9.17) is 9.47 Å². The number of esters is 2. The van der Waals surface area contributed by atoms with Crippen molar-refractivity contribution < 1.29 is 23.9 Å². The first-order chi connectivity index (χ1) is 12.5. The predicted octanol–water partition coefficient (Wildman–Crippen LogP) is 2.13. The van der Waals surface area contributed by atoms with Gasteiger partial charge in [-0.2, -0.15) is 0 Å². The molecule has 26 heavy (non-hydrogen) atoms. The fourth-order valence-corrected chi connectivity index (χ4v) is 4.25. The van der Waals surface area contributed by atoms with Gasteiger partial charge in [0, 0.05) is 19.3 Å². The van der Waals surface area contributed by atoms with E-state index in [2.05, 4.69) is 6.58 Å². The molecule has 0 aromatic heterocycles. The largest absolute Gasteiger partial charge is 0.459 e. The van der Waals surface area contributed by atoms with E-state index >= 15 is 0 Å². The first-order valence-corrected chi connectivity index (χ1v) is 8.93. The van der Waals surface area contributed by atoms with Crippen molar-refractivity contribution in [2.75, 3.05) is 0 Å². The van der Waals surface area contributed by atoms with Gasteiger partial charge in [-0.15, -0.1) is 0 Å². The smallest absolute Gasteiger partial charge is 0.329 e. The fraction of sp³-hybridized carbons (Fsp3) is 0.450. The highest BCUT2D eigenvalue weighted by molar-refractivity contribution is 5.95. The van der Waals surface area contributed by atoms with E-state index in [-0.39, 0.29) is 30.9 Å². The second kappa shape index (κ2) is 6.27. The number of ether oxygens (including phenoxy) is 2. The van der Waals surface area contributed by atoms with Crippen molar-refractivity contribution in [3.05, 3.63) is 48.0 Å². The second-order valence-electron chi connectivity index (χ2n) is 7.22. The molecule has 0 aliphatic carbocycles. The molecule has 2 unspecified atom stereocenters. The third kappa shape index (κ3) is 2.69. The summed E-state index contributed by atoms with van der Waals surface area (Å²) in [5.74, 6) is -1.06. The Bertz CT molecular complexity index is 774. The van der Waals surface area contributed by atoms with E-state index in [0.29, 0.717) is 25.7 Å². The molecule has 3 aliphatic heterocycles. The SMILES string of the molecule is C=C1CC2(CCC(=O)O2)C(=O)N2C1CC[C@H]2C(=O)OCc1ccccc1. The zero-order valence-corrected chi connectivity index (χ0v) is 14.5. The van der Waals surface area contributed by atoms with Crippen molar-refractivity contribution in [2.45, 2.75) is 56.4 Å². The molecular weight excluding hydrogens is 334 g/mol. The molecule has 0 N–H and O–H groups in total. The Labute approximate surface area is 151 Å². The Morgan fingerprint density at radius 1 is 1.27 bits per heavy atom. The van der Waals surface area contributed by atoms with E-state index in [1.165, 1.54) is 0 Å². The number of rotatable bonds is 3. The summed E-state index contributed by atoms with van der Waals surface area (Å²) in [6.45, 7) is 4.26. The second-order valence-corrected chi connectivity index (χ2v) is 7.22. The van der Waals surface area contributed by atoms with Gasteiger partial charge in [-0.05, 0) is 18.4 Å². The van der Waals surface area contributed by atoms with E-state index in [9.17, 15) is 14.4 Å². The number of amides is 1. The number of benzene rings is 1. The molecule has 0 radical (unpaired) electrons. The quantitative estimate of drug-likeness (QED) is 0.613. The van der Waals surface area contributed by atoms with Gasteiger partial charge in [0.05, 0.1) is 6.04 Å². The van der Waals surface area contributed by atoms with Crippen molar-refractivity contribution in [1.29, 1.82) is 0 Å². The summed E-state index contributed by atoms with van der Waals surface area (Å²) in [6.07, 6.45) is 2.14. The van der Waals surface area contributed by atoms with E-state index < -0.39 is 17.6 Å². The highest BCUT2D eigenvalue weighted by Crippen LogP contribution is 2.45. The minimum absolute atomic E-state index is 0.171. The molecule has 3 atom stereocenters. The highest BCUT2D eigenvalue weighted by atomic mass is 16.6. The van der Waals surface area contributed by atoms with Crippen LogP contribution in [0, 0.1) is 0 Å². The fourth-order valence-electron chi connectivity index (χ4n) is 4.25. The molecule has 3 aliphatic rings. The Kier molecular flexibility index (Phi) is 4.05. The lowest BCUT2D eigenvalue weighted by Gasteiger charge is -2.42. The molecule has 1 aromatic carbocycles. The first kappa shape index (κ1) is 16.8. The van der Waals surface area contributed by atoms with Crippen molar-refractivity contribution in [2.24, 2.45) is 0 Å². The standard InChI is InChI=1S/C20H21NO5/c1-13-11-20(10-9-17(22)26-20)19(24)21-15(13)7-8-16(21)18(23)25-12-14-5-3-2-4-6-14/h2-6,15-16H,1,7-12H2/t15?,16-,20?/m0/s1. The zero-order chi connectivity index (χ0) is 18.3. The number of nitrogens with zero attached hydrogens (tertiary/aromatic N) is 1. The topological polar surface area (TPSA) is 72.9 Å². The molecule has 0 bridgehead atoms. The number of carbonyl (C=O) groups is 3. The summed E-state index contributed by atoms with van der Waals surface area (Å²) in [6, 6.07) is 8.59. The number of piperidine rings is 1. The molecular formula is C20H21NO5. The van der Waals surface area contributed by atoms with Crippen LogP contribution in [-0.4, -0.2) is 40.4 Å². The van der Waals surface area contributed by atoms with Gasteiger partial charge < -0.3 is 14.4 Å². The summed E-state index contributed by atoms with van der Waals surface area (Å²) in [4.78, 5) is 38.9. The number of carbonyl (C=O) groups excluding carboxylic acids is 3. The average Bonchev–Trinajstić information content (AvgIpc) is 3.24. The maximum atomic E-state index is 13.1. The summed E-state index contributed by atoms with van der Waals surface area (Å²) in [7, 11) is 0. The van der Waals surface area contributed by atoms with E-state index in [1.807, 2.05) is 30.3 Å². The molecule has 0 saturated carbocycles. The number of hydrogen-bond acceptors (Lipinski definition) is 5. The maximum absolute atomic E-state index is 13.1. The van der Waals surface area contributed by atoms with Crippen molar-refractivity contribution >= 4 is 17.8 Å². The lowest BCUT2D eigenvalue weighted by atomic mass is 9.83. The molecule has 1 aromatic rings.